The Kier molecular flexibility index (Phi) is 6.64. The Bertz CT molecular complexity index is 1950. The first-order valence-electron chi connectivity index (χ1n) is 14.3. The summed E-state index contributed by atoms with van der Waals surface area (Å²) in [5.74, 6) is 0.722. The van der Waals surface area contributed by atoms with Crippen LogP contribution in [0.25, 0.3) is 38.9 Å². The third-order valence-electron chi connectivity index (χ3n) is 8.27. The lowest BCUT2D eigenvalue weighted by atomic mass is 9.94. The molecule has 1 aliphatic rings. The zero-order chi connectivity index (χ0) is 31.0. The van der Waals surface area contributed by atoms with E-state index in [4.69, 9.17) is 9.72 Å². The van der Waals surface area contributed by atoms with Crippen LogP contribution in [0.1, 0.15) is 45.5 Å². The Labute approximate surface area is 248 Å². The van der Waals surface area contributed by atoms with Gasteiger partial charge in [0.15, 0.2) is 0 Å². The molecule has 11 heteroatoms. The molecule has 0 N–H and O–H groups in total. The molecule has 4 heterocycles. The fourth-order valence-corrected chi connectivity index (χ4v) is 6.16. The van der Waals surface area contributed by atoms with Crippen LogP contribution in [0.15, 0.2) is 54.1 Å². The number of ether oxygens (including phenoxy) is 1. The maximum absolute atomic E-state index is 14.6. The number of halogens is 2. The van der Waals surface area contributed by atoms with E-state index in [0.717, 1.165) is 28.2 Å². The van der Waals surface area contributed by atoms with E-state index in [1.165, 1.54) is 0 Å². The standard InChI is InChI=1S/C32H37F2N7O2/c1-9-10-43-32(5)17-40(18-32)26-12-20(11-25-27(26)39(8)30(42)38(25)7)41-24-14-22(28(33)34)21(19-15-35-37(6)16-19)13-23(24)36-29(41)31(2,3)4/h9,11-16,28H,1,10,17-18H2,2-8H3. The summed E-state index contributed by atoms with van der Waals surface area (Å²) in [6.07, 6.45) is 2.34. The molecule has 5 aromatic rings. The van der Waals surface area contributed by atoms with E-state index < -0.39 is 11.8 Å². The number of fused-ring (bicyclic) bond motifs is 2. The summed E-state index contributed by atoms with van der Waals surface area (Å²) in [5.41, 5.74) is 4.33. The maximum Gasteiger partial charge on any atom is 0.328 e. The molecule has 1 aliphatic heterocycles. The number of aromatic nitrogens is 6. The molecule has 1 fully saturated rings. The van der Waals surface area contributed by atoms with Gasteiger partial charge in [0.2, 0.25) is 0 Å². The summed E-state index contributed by atoms with van der Waals surface area (Å²) in [7, 11) is 5.27. The fraction of sp³-hybridized carbons (Fsp3) is 0.406. The number of anilines is 1. The SMILES string of the molecule is C=CCOC1(C)CN(c2cc(-n3c(C(C)(C)C)nc4cc(-c5cnn(C)c5)c(C(F)F)cc43)cc3c2n(C)c(=O)n3C)C1. The molecular weight excluding hydrogens is 552 g/mol. The van der Waals surface area contributed by atoms with E-state index in [1.807, 2.05) is 16.7 Å². The largest absolute Gasteiger partial charge is 0.368 e. The lowest BCUT2D eigenvalue weighted by Crippen LogP contribution is -2.61. The quantitative estimate of drug-likeness (QED) is 0.230. The summed E-state index contributed by atoms with van der Waals surface area (Å²) < 4.78 is 42.0. The van der Waals surface area contributed by atoms with Gasteiger partial charge in [-0.2, -0.15) is 5.10 Å². The Morgan fingerprint density at radius 1 is 1.09 bits per heavy atom. The molecule has 6 rings (SSSR count). The molecule has 1 saturated heterocycles. The lowest BCUT2D eigenvalue weighted by Gasteiger charge is -2.49. The zero-order valence-electron chi connectivity index (χ0n) is 25.7. The molecule has 0 atom stereocenters. The molecule has 0 unspecified atom stereocenters. The zero-order valence-corrected chi connectivity index (χ0v) is 25.7. The van der Waals surface area contributed by atoms with Gasteiger partial charge in [-0.1, -0.05) is 26.8 Å². The minimum absolute atomic E-state index is 0.0894. The van der Waals surface area contributed by atoms with E-state index in [-0.39, 0.29) is 16.9 Å². The predicted molar refractivity (Wildman–Crippen MR) is 165 cm³/mol. The maximum atomic E-state index is 14.6. The molecule has 226 valence electrons. The van der Waals surface area contributed by atoms with Gasteiger partial charge in [-0.3, -0.25) is 18.4 Å². The van der Waals surface area contributed by atoms with Crippen LogP contribution >= 0.6 is 0 Å². The Balaban J connectivity index is 1.62. The second-order valence-corrected chi connectivity index (χ2v) is 12.8. The number of hydrogen-bond acceptors (Lipinski definition) is 5. The summed E-state index contributed by atoms with van der Waals surface area (Å²) in [4.78, 5) is 20.3. The van der Waals surface area contributed by atoms with Crippen molar-refractivity contribution in [3.8, 4) is 16.8 Å². The molecule has 0 radical (unpaired) electrons. The van der Waals surface area contributed by atoms with Crippen LogP contribution in [0.3, 0.4) is 0 Å². The van der Waals surface area contributed by atoms with Crippen molar-refractivity contribution in [2.24, 2.45) is 21.1 Å². The van der Waals surface area contributed by atoms with Crippen molar-refractivity contribution in [3.05, 3.63) is 71.2 Å². The lowest BCUT2D eigenvalue weighted by molar-refractivity contribution is -0.0366. The average Bonchev–Trinajstić information content (AvgIpc) is 3.60. The number of aryl methyl sites for hydroxylation is 3. The monoisotopic (exact) mass is 589 g/mol. The summed E-state index contributed by atoms with van der Waals surface area (Å²) in [6.45, 7) is 13.7. The van der Waals surface area contributed by atoms with Crippen LogP contribution in [0.4, 0.5) is 14.5 Å². The van der Waals surface area contributed by atoms with Crippen LogP contribution in [0.5, 0.6) is 0 Å². The number of alkyl halides is 2. The van der Waals surface area contributed by atoms with E-state index >= 15 is 0 Å². The van der Waals surface area contributed by atoms with E-state index in [0.29, 0.717) is 41.9 Å². The highest BCUT2D eigenvalue weighted by atomic mass is 19.3. The van der Waals surface area contributed by atoms with Crippen molar-refractivity contribution >= 4 is 27.8 Å². The van der Waals surface area contributed by atoms with Crippen molar-refractivity contribution < 1.29 is 13.5 Å². The fourth-order valence-electron chi connectivity index (χ4n) is 6.16. The number of imidazole rings is 2. The molecule has 0 aliphatic carbocycles. The van der Waals surface area contributed by atoms with Crippen LogP contribution < -0.4 is 10.6 Å². The normalized spacial score (nSPS) is 15.2. The van der Waals surface area contributed by atoms with Crippen molar-refractivity contribution in [1.29, 1.82) is 0 Å². The third kappa shape index (κ3) is 4.66. The number of benzene rings is 2. The minimum Gasteiger partial charge on any atom is -0.368 e. The molecular formula is C32H37F2N7O2. The van der Waals surface area contributed by atoms with Gasteiger partial charge in [0.05, 0.1) is 46.2 Å². The van der Waals surface area contributed by atoms with Crippen molar-refractivity contribution in [2.75, 3.05) is 24.6 Å². The number of rotatable bonds is 7. The highest BCUT2D eigenvalue weighted by Crippen LogP contribution is 2.41. The van der Waals surface area contributed by atoms with Gasteiger partial charge >= 0.3 is 5.69 Å². The Morgan fingerprint density at radius 2 is 1.81 bits per heavy atom. The third-order valence-corrected chi connectivity index (χ3v) is 8.27. The predicted octanol–water partition coefficient (Wildman–Crippen LogP) is 5.63. The topological polar surface area (TPSA) is 75.0 Å². The smallest absolute Gasteiger partial charge is 0.328 e. The van der Waals surface area contributed by atoms with Gasteiger partial charge in [0.1, 0.15) is 11.4 Å². The molecule has 2 aromatic carbocycles. The summed E-state index contributed by atoms with van der Waals surface area (Å²) >= 11 is 0. The molecule has 9 nitrogen and oxygen atoms in total. The first-order chi connectivity index (χ1) is 20.2. The van der Waals surface area contributed by atoms with Gasteiger partial charge in [-0.05, 0) is 36.8 Å². The molecule has 0 saturated carbocycles. The first kappa shape index (κ1) is 28.9. The molecule has 3 aromatic heterocycles. The van der Waals surface area contributed by atoms with Crippen molar-refractivity contribution in [2.45, 2.75) is 45.1 Å². The summed E-state index contributed by atoms with van der Waals surface area (Å²) in [5, 5.41) is 4.19. The molecule has 43 heavy (non-hydrogen) atoms. The molecule has 0 spiro atoms. The van der Waals surface area contributed by atoms with Gasteiger partial charge < -0.3 is 9.64 Å². The average molecular weight is 590 g/mol. The van der Waals surface area contributed by atoms with Gasteiger partial charge in [0, 0.05) is 57.0 Å². The second-order valence-electron chi connectivity index (χ2n) is 12.8. The summed E-state index contributed by atoms with van der Waals surface area (Å²) in [6, 6.07) is 7.25. The first-order valence-corrected chi connectivity index (χ1v) is 14.3. The number of hydrogen-bond donors (Lipinski definition) is 0. The number of nitrogens with zero attached hydrogens (tertiary/aromatic N) is 7. The Hall–Kier alpha value is -4.25. The van der Waals surface area contributed by atoms with Crippen LogP contribution in [-0.2, 0) is 31.3 Å². The van der Waals surface area contributed by atoms with Crippen LogP contribution in [0.2, 0.25) is 0 Å². The van der Waals surface area contributed by atoms with Crippen molar-refractivity contribution in [1.82, 2.24) is 28.5 Å². The van der Waals surface area contributed by atoms with Crippen molar-refractivity contribution in [3.63, 3.8) is 0 Å². The van der Waals surface area contributed by atoms with E-state index in [1.54, 1.807) is 65.6 Å². The van der Waals surface area contributed by atoms with Crippen LogP contribution in [0, 0.1) is 0 Å². The molecule has 0 bridgehead atoms. The van der Waals surface area contributed by atoms with Gasteiger partial charge in [-0.25, -0.2) is 18.6 Å². The minimum atomic E-state index is -2.71. The Morgan fingerprint density at radius 3 is 2.42 bits per heavy atom. The highest BCUT2D eigenvalue weighted by molar-refractivity contribution is 5.94. The highest BCUT2D eigenvalue weighted by Gasteiger charge is 2.41. The van der Waals surface area contributed by atoms with E-state index in [9.17, 15) is 13.6 Å². The second kappa shape index (κ2) is 9.90. The molecule has 0 amide bonds. The van der Waals surface area contributed by atoms with E-state index in [2.05, 4.69) is 44.3 Å². The van der Waals surface area contributed by atoms with Gasteiger partial charge in [-0.15, -0.1) is 6.58 Å². The van der Waals surface area contributed by atoms with Crippen LogP contribution in [-0.4, -0.2) is 53.8 Å². The van der Waals surface area contributed by atoms with Gasteiger partial charge in [0.25, 0.3) is 6.43 Å².